The van der Waals surface area contributed by atoms with Crippen LogP contribution in [0.2, 0.25) is 0 Å². The van der Waals surface area contributed by atoms with Crippen molar-refractivity contribution in [2.45, 2.75) is 0 Å². The minimum Gasteiger partial charge on any atom is -0.458 e. The molecule has 5 heterocycles. The third-order valence-electron chi connectivity index (χ3n) is 13.1. The average Bonchev–Trinajstić information content (AvgIpc) is 3.89. The van der Waals surface area contributed by atoms with Gasteiger partial charge in [0, 0.05) is 55.8 Å². The monoisotopic (exact) mass is 831 g/mol. The van der Waals surface area contributed by atoms with Crippen molar-refractivity contribution in [1.29, 1.82) is 0 Å². The Morgan fingerprint density at radius 2 is 0.846 bits per heavy atom. The molecule has 0 aliphatic carbocycles. The first-order chi connectivity index (χ1) is 32.2. The maximum atomic E-state index is 6.81. The summed E-state index contributed by atoms with van der Waals surface area (Å²) in [5.41, 5.74) is 12.1. The van der Waals surface area contributed by atoms with Crippen molar-refractivity contribution in [2.24, 2.45) is 0 Å². The number of hydrogen-bond donors (Lipinski definition) is 0. The van der Waals surface area contributed by atoms with Crippen LogP contribution >= 0.6 is 0 Å². The Morgan fingerprint density at radius 1 is 0.369 bits per heavy atom. The summed E-state index contributed by atoms with van der Waals surface area (Å²) in [7, 11) is 0. The number of benzene rings is 9. The van der Waals surface area contributed by atoms with Crippen molar-refractivity contribution in [3.8, 4) is 68.5 Å². The first-order valence-electron chi connectivity index (χ1n) is 21.9. The molecule has 0 bridgehead atoms. The second-order valence-electron chi connectivity index (χ2n) is 16.7. The number of rotatable bonds is 5. The third kappa shape index (κ3) is 5.34. The Labute approximate surface area is 373 Å². The summed E-state index contributed by atoms with van der Waals surface area (Å²) in [6.45, 7) is -0.0249. The zero-order valence-corrected chi connectivity index (χ0v) is 34.8. The highest BCUT2D eigenvalue weighted by molar-refractivity contribution is 6.98. The van der Waals surface area contributed by atoms with Crippen molar-refractivity contribution in [3.63, 3.8) is 0 Å². The van der Waals surface area contributed by atoms with Crippen LogP contribution in [0.25, 0.3) is 89.2 Å². The normalized spacial score (nSPS) is 12.5. The van der Waals surface area contributed by atoms with Crippen LogP contribution in [-0.4, -0.2) is 30.8 Å². The van der Waals surface area contributed by atoms with Gasteiger partial charge in [-0.1, -0.05) is 146 Å². The van der Waals surface area contributed by atoms with Crippen molar-refractivity contribution < 1.29 is 9.47 Å². The van der Waals surface area contributed by atoms with E-state index in [1.54, 1.807) is 0 Å². The SMILES string of the molecule is c1ccc(-c2nc(-c3ccccc3-n3c4ccccc4c4ccccc43)nc(-c3cccc4c5ccccc5n(-c5cc6c7c(c5)Oc5ccccc5B7c5ccccc5O6)c34)n2)cc1. The Hall–Kier alpha value is -8.75. The van der Waals surface area contributed by atoms with Crippen molar-refractivity contribution in [2.75, 3.05) is 0 Å². The summed E-state index contributed by atoms with van der Waals surface area (Å²) in [6, 6.07) is 71.7. The van der Waals surface area contributed by atoms with Gasteiger partial charge in [0.15, 0.2) is 17.5 Å². The van der Waals surface area contributed by atoms with Crippen LogP contribution in [0, 0.1) is 0 Å². The predicted molar refractivity (Wildman–Crippen MR) is 263 cm³/mol. The number of hydrogen-bond acceptors (Lipinski definition) is 5. The zero-order valence-electron chi connectivity index (χ0n) is 34.8. The number of ether oxygens (including phenoxy) is 2. The second-order valence-corrected chi connectivity index (χ2v) is 16.7. The van der Waals surface area contributed by atoms with Crippen LogP contribution in [0.15, 0.2) is 206 Å². The van der Waals surface area contributed by atoms with Crippen LogP contribution in [0.3, 0.4) is 0 Å². The van der Waals surface area contributed by atoms with Gasteiger partial charge in [-0.3, -0.25) is 0 Å². The van der Waals surface area contributed by atoms with E-state index in [-0.39, 0.29) is 6.71 Å². The van der Waals surface area contributed by atoms with Gasteiger partial charge < -0.3 is 18.6 Å². The molecule has 0 saturated heterocycles. The van der Waals surface area contributed by atoms with E-state index in [4.69, 9.17) is 24.4 Å². The highest BCUT2D eigenvalue weighted by atomic mass is 16.5. The molecule has 3 aromatic heterocycles. The zero-order chi connectivity index (χ0) is 42.6. The fourth-order valence-corrected chi connectivity index (χ4v) is 10.3. The van der Waals surface area contributed by atoms with E-state index < -0.39 is 0 Å². The molecule has 0 unspecified atom stereocenters. The number of nitrogens with zero attached hydrogens (tertiary/aromatic N) is 5. The maximum absolute atomic E-state index is 6.81. The molecular formula is C57H34BN5O2. The molecule has 2 aliphatic heterocycles. The van der Waals surface area contributed by atoms with E-state index in [1.165, 1.54) is 10.8 Å². The Bertz CT molecular complexity index is 3810. The summed E-state index contributed by atoms with van der Waals surface area (Å²) in [5.74, 6) is 4.97. The molecule has 0 fully saturated rings. The summed E-state index contributed by atoms with van der Waals surface area (Å²) in [4.78, 5) is 16.1. The topological polar surface area (TPSA) is 67.0 Å². The van der Waals surface area contributed by atoms with Gasteiger partial charge in [0.25, 0.3) is 6.71 Å². The molecule has 12 aromatic rings. The van der Waals surface area contributed by atoms with Crippen molar-refractivity contribution >= 4 is 66.7 Å². The average molecular weight is 832 g/mol. The van der Waals surface area contributed by atoms with Gasteiger partial charge in [0.2, 0.25) is 0 Å². The van der Waals surface area contributed by atoms with Crippen LogP contribution in [0.5, 0.6) is 23.0 Å². The van der Waals surface area contributed by atoms with Crippen molar-refractivity contribution in [1.82, 2.24) is 24.1 Å². The smallest absolute Gasteiger partial charge is 0.260 e. The van der Waals surface area contributed by atoms with E-state index in [9.17, 15) is 0 Å². The molecule has 2 aliphatic rings. The van der Waals surface area contributed by atoms with Gasteiger partial charge in [-0.05, 0) is 59.5 Å². The van der Waals surface area contributed by atoms with E-state index >= 15 is 0 Å². The van der Waals surface area contributed by atoms with Gasteiger partial charge in [0.1, 0.15) is 23.0 Å². The highest BCUT2D eigenvalue weighted by Gasteiger charge is 2.40. The summed E-state index contributed by atoms with van der Waals surface area (Å²) in [6.07, 6.45) is 0. The molecule has 0 amide bonds. The Balaban J connectivity index is 1.03. The lowest BCUT2D eigenvalue weighted by atomic mass is 9.35. The molecule has 7 nitrogen and oxygen atoms in total. The molecule has 14 rings (SSSR count). The Morgan fingerprint density at radius 3 is 1.51 bits per heavy atom. The van der Waals surface area contributed by atoms with Crippen LogP contribution < -0.4 is 25.9 Å². The van der Waals surface area contributed by atoms with Gasteiger partial charge in [-0.25, -0.2) is 15.0 Å². The second kappa shape index (κ2) is 13.9. The number of fused-ring (bicyclic) bond motifs is 10. The van der Waals surface area contributed by atoms with Gasteiger partial charge in [-0.15, -0.1) is 0 Å². The molecule has 0 radical (unpaired) electrons. The standard InChI is InChI=1S/C57H34BN5O2/c1-2-17-35(18-3-1)55-59-56(41-22-7-13-30-48(41)63-46-28-11-4-19-37(46)38-20-5-12-29-47(38)63)61-57(60-55)42-24-16-23-40-39-21-6-10-27-45(39)62(54(40)42)36-33-51-53-52(34-36)65-50-32-15-9-26-44(50)58(53)43-25-8-14-31-49(43)64-51/h1-34H. The quantitative estimate of drug-likeness (QED) is 0.162. The summed E-state index contributed by atoms with van der Waals surface area (Å²) in [5, 5.41) is 4.57. The van der Waals surface area contributed by atoms with Gasteiger partial charge in [-0.2, -0.15) is 0 Å². The van der Waals surface area contributed by atoms with E-state index in [2.05, 4.69) is 185 Å². The fraction of sp³-hybridized carbons (Fsp3) is 0. The lowest BCUT2D eigenvalue weighted by Gasteiger charge is -2.33. The van der Waals surface area contributed by atoms with Crippen molar-refractivity contribution in [3.05, 3.63) is 206 Å². The third-order valence-corrected chi connectivity index (χ3v) is 13.1. The van der Waals surface area contributed by atoms with E-state index in [0.717, 1.165) is 100 Å². The fourth-order valence-electron chi connectivity index (χ4n) is 10.3. The van der Waals surface area contributed by atoms with Crippen LogP contribution in [-0.2, 0) is 0 Å². The minimum atomic E-state index is -0.0249. The number of aromatic nitrogens is 5. The Kier molecular flexibility index (Phi) is 7.65. The van der Waals surface area contributed by atoms with E-state index in [0.29, 0.717) is 17.5 Å². The van der Waals surface area contributed by atoms with E-state index in [1.807, 2.05) is 30.3 Å². The molecule has 0 saturated carbocycles. The molecule has 0 spiro atoms. The molecule has 302 valence electrons. The minimum absolute atomic E-state index is 0.0249. The first kappa shape index (κ1) is 35.8. The van der Waals surface area contributed by atoms with Gasteiger partial charge >= 0.3 is 0 Å². The first-order valence-corrected chi connectivity index (χ1v) is 21.9. The van der Waals surface area contributed by atoms with Crippen LogP contribution in [0.4, 0.5) is 0 Å². The largest absolute Gasteiger partial charge is 0.458 e. The maximum Gasteiger partial charge on any atom is 0.260 e. The molecule has 0 N–H and O–H groups in total. The lowest BCUT2D eigenvalue weighted by Crippen LogP contribution is -2.57. The summed E-state index contributed by atoms with van der Waals surface area (Å²) < 4.78 is 18.3. The molecule has 9 aromatic carbocycles. The van der Waals surface area contributed by atoms with Gasteiger partial charge in [0.05, 0.1) is 33.4 Å². The lowest BCUT2D eigenvalue weighted by molar-refractivity contribution is 0.464. The predicted octanol–water partition coefficient (Wildman–Crippen LogP) is 11.8. The molecular weight excluding hydrogens is 797 g/mol. The molecule has 0 atom stereocenters. The van der Waals surface area contributed by atoms with Crippen LogP contribution in [0.1, 0.15) is 0 Å². The molecule has 8 heteroatoms. The summed E-state index contributed by atoms with van der Waals surface area (Å²) >= 11 is 0. The molecule has 65 heavy (non-hydrogen) atoms. The highest BCUT2D eigenvalue weighted by Crippen LogP contribution is 2.43. The number of para-hydroxylation sites is 7.